The largest absolute Gasteiger partial charge is 0.469 e. The average molecular weight is 291 g/mol. The molecule has 1 N–H and O–H groups in total. The lowest BCUT2D eigenvalue weighted by molar-refractivity contribution is -0.143. The number of methoxy groups -OCH3 is 1. The van der Waals surface area contributed by atoms with Gasteiger partial charge in [0.25, 0.3) is 0 Å². The molecule has 1 atom stereocenters. The van der Waals surface area contributed by atoms with Gasteiger partial charge in [0.05, 0.1) is 19.6 Å². The summed E-state index contributed by atoms with van der Waals surface area (Å²) in [4.78, 5) is 14.4. The molecule has 0 radical (unpaired) electrons. The van der Waals surface area contributed by atoms with Gasteiger partial charge in [-0.15, -0.1) is 0 Å². The molecule has 0 amide bonds. The second kappa shape index (κ2) is 8.15. The van der Waals surface area contributed by atoms with E-state index in [1.807, 2.05) is 30.3 Å². The minimum absolute atomic E-state index is 0.124. The van der Waals surface area contributed by atoms with Crippen molar-refractivity contribution in [3.05, 3.63) is 35.9 Å². The van der Waals surface area contributed by atoms with E-state index in [1.54, 1.807) is 0 Å². The second-order valence-electron chi connectivity index (χ2n) is 5.64. The Labute approximate surface area is 126 Å². The van der Waals surface area contributed by atoms with Gasteiger partial charge in [0.2, 0.25) is 0 Å². The zero-order valence-electron chi connectivity index (χ0n) is 12.7. The normalized spacial score (nSPS) is 17.1. The van der Waals surface area contributed by atoms with Crippen molar-refractivity contribution in [2.24, 2.45) is 0 Å². The van der Waals surface area contributed by atoms with E-state index in [0.29, 0.717) is 19.1 Å². The first-order valence-corrected chi connectivity index (χ1v) is 7.74. The number of carbonyl (C=O) groups is 1. The molecule has 1 aliphatic rings. The van der Waals surface area contributed by atoms with E-state index >= 15 is 0 Å². The Bertz CT molecular complexity index is 429. The second-order valence-corrected chi connectivity index (χ2v) is 5.64. The summed E-state index contributed by atoms with van der Waals surface area (Å²) < 4.78 is 4.98. The van der Waals surface area contributed by atoms with Crippen LogP contribution in [-0.2, 0) is 9.53 Å². The lowest BCUT2D eigenvalue weighted by atomic mass is 9.97. The number of hydrogen-bond acceptors (Lipinski definition) is 4. The van der Waals surface area contributed by atoms with Crippen LogP contribution in [0.5, 0.6) is 0 Å². The number of aliphatic hydroxyl groups is 1. The fourth-order valence-electron chi connectivity index (χ4n) is 3.20. The van der Waals surface area contributed by atoms with Crippen LogP contribution in [0, 0.1) is 0 Å². The number of esters is 1. The maximum Gasteiger partial charge on any atom is 0.314 e. The molecule has 1 aromatic carbocycles. The highest BCUT2D eigenvalue weighted by molar-refractivity contribution is 5.78. The molecule has 2 rings (SSSR count). The number of carbonyl (C=O) groups excluding carboxylic acids is 1. The molecular formula is C17H25NO3. The van der Waals surface area contributed by atoms with Gasteiger partial charge in [0.15, 0.2) is 0 Å². The number of rotatable bonds is 7. The van der Waals surface area contributed by atoms with Crippen LogP contribution < -0.4 is 0 Å². The van der Waals surface area contributed by atoms with Crippen molar-refractivity contribution >= 4 is 5.97 Å². The summed E-state index contributed by atoms with van der Waals surface area (Å²) >= 11 is 0. The summed E-state index contributed by atoms with van der Waals surface area (Å²) in [6.07, 6.45) is 4.78. The van der Waals surface area contributed by atoms with E-state index in [2.05, 4.69) is 4.90 Å². The molecule has 4 nitrogen and oxygen atoms in total. The summed E-state index contributed by atoms with van der Waals surface area (Å²) in [6.45, 7) is 1.35. The summed E-state index contributed by atoms with van der Waals surface area (Å²) in [6, 6.07) is 10.2. The van der Waals surface area contributed by atoms with Gasteiger partial charge in [0, 0.05) is 19.1 Å². The van der Waals surface area contributed by atoms with Crippen molar-refractivity contribution in [2.45, 2.75) is 37.6 Å². The van der Waals surface area contributed by atoms with Crippen molar-refractivity contribution in [2.75, 3.05) is 26.8 Å². The highest BCUT2D eigenvalue weighted by Gasteiger charge is 2.29. The Morgan fingerprint density at radius 1 is 1.33 bits per heavy atom. The molecular weight excluding hydrogens is 266 g/mol. The fraction of sp³-hybridized carbons (Fsp3) is 0.588. The first-order valence-electron chi connectivity index (χ1n) is 7.74. The van der Waals surface area contributed by atoms with Crippen LogP contribution in [-0.4, -0.2) is 48.8 Å². The Balaban J connectivity index is 2.13. The summed E-state index contributed by atoms with van der Waals surface area (Å²) in [5.41, 5.74) is 0.977. The molecule has 1 saturated carbocycles. The maximum atomic E-state index is 12.2. The van der Waals surface area contributed by atoms with Crippen LogP contribution >= 0.6 is 0 Å². The molecule has 116 valence electrons. The molecule has 21 heavy (non-hydrogen) atoms. The number of aliphatic hydroxyl groups excluding tert-OH is 1. The Morgan fingerprint density at radius 3 is 2.57 bits per heavy atom. The molecule has 1 aliphatic carbocycles. The van der Waals surface area contributed by atoms with Crippen molar-refractivity contribution in [1.82, 2.24) is 4.90 Å². The lowest BCUT2D eigenvalue weighted by Crippen LogP contribution is -2.40. The number of nitrogens with zero attached hydrogens (tertiary/aromatic N) is 1. The van der Waals surface area contributed by atoms with E-state index < -0.39 is 0 Å². The van der Waals surface area contributed by atoms with Gasteiger partial charge in [-0.3, -0.25) is 9.69 Å². The molecule has 1 unspecified atom stereocenters. The van der Waals surface area contributed by atoms with Gasteiger partial charge < -0.3 is 9.84 Å². The van der Waals surface area contributed by atoms with Crippen LogP contribution in [0.25, 0.3) is 0 Å². The van der Waals surface area contributed by atoms with Crippen LogP contribution in [0.1, 0.15) is 37.2 Å². The maximum absolute atomic E-state index is 12.2. The highest BCUT2D eigenvalue weighted by Crippen LogP contribution is 2.26. The monoisotopic (exact) mass is 291 g/mol. The molecule has 0 bridgehead atoms. The molecule has 0 spiro atoms. The first-order chi connectivity index (χ1) is 10.3. The van der Waals surface area contributed by atoms with Gasteiger partial charge in [-0.2, -0.15) is 0 Å². The summed E-state index contributed by atoms with van der Waals surface area (Å²) in [7, 11) is 1.43. The third-order valence-electron chi connectivity index (χ3n) is 4.33. The fourth-order valence-corrected chi connectivity index (χ4v) is 3.20. The quantitative estimate of drug-likeness (QED) is 0.782. The number of hydrogen-bond donors (Lipinski definition) is 1. The van der Waals surface area contributed by atoms with E-state index in [-0.39, 0.29) is 18.5 Å². The topological polar surface area (TPSA) is 49.8 Å². The van der Waals surface area contributed by atoms with Gasteiger partial charge in [-0.25, -0.2) is 0 Å². The van der Waals surface area contributed by atoms with Gasteiger partial charge in [-0.05, 0) is 18.4 Å². The number of ether oxygens (including phenoxy) is 1. The summed E-state index contributed by atoms with van der Waals surface area (Å²) in [5, 5.41) is 9.32. The lowest BCUT2D eigenvalue weighted by Gasteiger charge is -2.31. The third-order valence-corrected chi connectivity index (χ3v) is 4.33. The Kier molecular flexibility index (Phi) is 6.21. The molecule has 0 heterocycles. The standard InChI is InChI=1S/C17H25NO3/c1-21-17(20)16(14-7-3-2-4-8-14)13-18(11-12-19)15-9-5-6-10-15/h2-4,7-8,15-16,19H,5-6,9-13H2,1H3. The predicted molar refractivity (Wildman–Crippen MR) is 82.1 cm³/mol. The smallest absolute Gasteiger partial charge is 0.314 e. The van der Waals surface area contributed by atoms with E-state index in [4.69, 9.17) is 4.74 Å². The van der Waals surface area contributed by atoms with E-state index in [0.717, 1.165) is 18.4 Å². The highest BCUT2D eigenvalue weighted by atomic mass is 16.5. The number of benzene rings is 1. The Morgan fingerprint density at radius 2 is 2.00 bits per heavy atom. The zero-order chi connectivity index (χ0) is 15.1. The van der Waals surface area contributed by atoms with Crippen molar-refractivity contribution in [1.29, 1.82) is 0 Å². The molecule has 0 aliphatic heterocycles. The molecule has 1 fully saturated rings. The van der Waals surface area contributed by atoms with Crippen molar-refractivity contribution in [3.8, 4) is 0 Å². The van der Waals surface area contributed by atoms with Crippen LogP contribution in [0.3, 0.4) is 0 Å². The SMILES string of the molecule is COC(=O)C(CN(CCO)C1CCCC1)c1ccccc1. The molecule has 1 aromatic rings. The predicted octanol–water partition coefficient (Wildman–Crippen LogP) is 2.18. The van der Waals surface area contributed by atoms with Crippen LogP contribution in [0.2, 0.25) is 0 Å². The zero-order valence-corrected chi connectivity index (χ0v) is 12.7. The van der Waals surface area contributed by atoms with Crippen LogP contribution in [0.15, 0.2) is 30.3 Å². The molecule has 0 saturated heterocycles. The third kappa shape index (κ3) is 4.29. The van der Waals surface area contributed by atoms with Gasteiger partial charge in [-0.1, -0.05) is 43.2 Å². The van der Waals surface area contributed by atoms with E-state index in [1.165, 1.54) is 20.0 Å². The molecule has 0 aromatic heterocycles. The molecule has 4 heteroatoms. The van der Waals surface area contributed by atoms with E-state index in [9.17, 15) is 9.90 Å². The van der Waals surface area contributed by atoms with Gasteiger partial charge in [0.1, 0.15) is 0 Å². The summed E-state index contributed by atoms with van der Waals surface area (Å²) in [5.74, 6) is -0.495. The minimum Gasteiger partial charge on any atom is -0.469 e. The first kappa shape index (κ1) is 16.0. The van der Waals surface area contributed by atoms with Crippen LogP contribution in [0.4, 0.5) is 0 Å². The van der Waals surface area contributed by atoms with Crippen molar-refractivity contribution < 1.29 is 14.6 Å². The van der Waals surface area contributed by atoms with Gasteiger partial charge >= 0.3 is 5.97 Å². The average Bonchev–Trinajstić information content (AvgIpc) is 3.06. The Hall–Kier alpha value is -1.39. The minimum atomic E-state index is -0.289. The van der Waals surface area contributed by atoms with Crippen molar-refractivity contribution in [3.63, 3.8) is 0 Å².